The molecule has 0 fully saturated rings. The average molecular weight is 281 g/mol. The molecule has 1 N–H and O–H groups in total. The fourth-order valence-electron chi connectivity index (χ4n) is 1.61. The van der Waals surface area contributed by atoms with Gasteiger partial charge in [-0.1, -0.05) is 30.9 Å². The van der Waals surface area contributed by atoms with Gasteiger partial charge in [0.1, 0.15) is 0 Å². The molecule has 0 unspecified atom stereocenters. The van der Waals surface area contributed by atoms with Crippen molar-refractivity contribution < 1.29 is 13.5 Å². The van der Waals surface area contributed by atoms with Gasteiger partial charge in [-0.25, -0.2) is 12.7 Å². The molecule has 0 heterocycles. The summed E-state index contributed by atoms with van der Waals surface area (Å²) in [6, 6.07) is 6.67. The number of hydrogen-bond acceptors (Lipinski definition) is 3. The van der Waals surface area contributed by atoms with Crippen molar-refractivity contribution in [1.82, 2.24) is 4.31 Å². The van der Waals surface area contributed by atoms with Crippen molar-refractivity contribution in [2.24, 2.45) is 0 Å². The summed E-state index contributed by atoms with van der Waals surface area (Å²) in [5.41, 5.74) is 0.471. The van der Waals surface area contributed by atoms with Crippen molar-refractivity contribution in [1.29, 1.82) is 0 Å². The minimum absolute atomic E-state index is 0.0301. The Hall–Kier alpha value is -1.35. The van der Waals surface area contributed by atoms with Crippen LogP contribution in [0.15, 0.2) is 29.2 Å². The lowest BCUT2D eigenvalue weighted by Crippen LogP contribution is -2.28. The van der Waals surface area contributed by atoms with E-state index in [4.69, 9.17) is 5.11 Å². The van der Waals surface area contributed by atoms with Crippen LogP contribution in [-0.4, -0.2) is 38.0 Å². The average Bonchev–Trinajstić information content (AvgIpc) is 2.40. The van der Waals surface area contributed by atoms with E-state index in [2.05, 4.69) is 11.8 Å². The number of nitrogens with zero attached hydrogens (tertiary/aromatic N) is 1. The Balaban J connectivity index is 3.17. The SMILES string of the molecule is CCCN(C)S(=O)(=O)c1ccccc1C#CCCO. The molecular formula is C14H19NO3S. The fraction of sp³-hybridized carbons (Fsp3) is 0.429. The van der Waals surface area contributed by atoms with Gasteiger partial charge in [-0.3, -0.25) is 0 Å². The smallest absolute Gasteiger partial charge is 0.244 e. The van der Waals surface area contributed by atoms with Gasteiger partial charge in [-0.2, -0.15) is 0 Å². The van der Waals surface area contributed by atoms with Gasteiger partial charge in [0.2, 0.25) is 10.0 Å². The summed E-state index contributed by atoms with van der Waals surface area (Å²) in [4.78, 5) is 0.219. The molecule has 5 heteroatoms. The zero-order valence-corrected chi connectivity index (χ0v) is 12.1. The maximum Gasteiger partial charge on any atom is 0.244 e. The second kappa shape index (κ2) is 7.29. The Morgan fingerprint density at radius 2 is 2.00 bits per heavy atom. The van der Waals surface area contributed by atoms with Gasteiger partial charge in [0, 0.05) is 25.6 Å². The number of sulfonamides is 1. The number of hydrogen-bond donors (Lipinski definition) is 1. The van der Waals surface area contributed by atoms with Crippen LogP contribution in [0.2, 0.25) is 0 Å². The van der Waals surface area contributed by atoms with Gasteiger partial charge in [0.05, 0.1) is 11.5 Å². The number of benzene rings is 1. The van der Waals surface area contributed by atoms with E-state index in [0.717, 1.165) is 6.42 Å². The second-order valence-corrected chi connectivity index (χ2v) is 6.11. The highest BCUT2D eigenvalue weighted by Crippen LogP contribution is 2.18. The number of aliphatic hydroxyl groups excluding tert-OH is 1. The zero-order valence-electron chi connectivity index (χ0n) is 11.3. The fourth-order valence-corrected chi connectivity index (χ4v) is 3.02. The normalized spacial score (nSPS) is 11.2. The summed E-state index contributed by atoms with van der Waals surface area (Å²) in [7, 11) is -1.93. The molecule has 0 bridgehead atoms. The van der Waals surface area contributed by atoms with Crippen LogP contribution >= 0.6 is 0 Å². The van der Waals surface area contributed by atoms with Gasteiger partial charge >= 0.3 is 0 Å². The minimum Gasteiger partial charge on any atom is -0.395 e. The van der Waals surface area contributed by atoms with Crippen molar-refractivity contribution in [3.63, 3.8) is 0 Å². The summed E-state index contributed by atoms with van der Waals surface area (Å²) in [6.07, 6.45) is 1.09. The predicted octanol–water partition coefficient (Wildman–Crippen LogP) is 1.45. The molecule has 0 spiro atoms. The molecule has 0 saturated heterocycles. The molecule has 0 aliphatic rings. The molecule has 1 aromatic carbocycles. The van der Waals surface area contributed by atoms with E-state index in [0.29, 0.717) is 18.5 Å². The highest BCUT2D eigenvalue weighted by Gasteiger charge is 2.22. The van der Waals surface area contributed by atoms with Gasteiger partial charge in [-0.15, -0.1) is 0 Å². The van der Waals surface area contributed by atoms with Crippen molar-refractivity contribution in [2.75, 3.05) is 20.2 Å². The van der Waals surface area contributed by atoms with Crippen molar-refractivity contribution in [2.45, 2.75) is 24.7 Å². The van der Waals surface area contributed by atoms with Crippen LogP contribution in [-0.2, 0) is 10.0 Å². The first kappa shape index (κ1) is 15.7. The molecule has 0 amide bonds. The molecule has 0 radical (unpaired) electrons. The lowest BCUT2D eigenvalue weighted by Gasteiger charge is -2.17. The Morgan fingerprint density at radius 1 is 1.32 bits per heavy atom. The number of aliphatic hydroxyl groups is 1. The van der Waals surface area contributed by atoms with Gasteiger partial charge in [0.25, 0.3) is 0 Å². The van der Waals surface area contributed by atoms with Crippen LogP contribution in [0.1, 0.15) is 25.3 Å². The Morgan fingerprint density at radius 3 is 2.63 bits per heavy atom. The maximum atomic E-state index is 12.4. The monoisotopic (exact) mass is 281 g/mol. The van der Waals surface area contributed by atoms with Crippen LogP contribution in [0.5, 0.6) is 0 Å². The van der Waals surface area contributed by atoms with Crippen molar-refractivity contribution in [3.05, 3.63) is 29.8 Å². The van der Waals surface area contributed by atoms with Gasteiger partial charge < -0.3 is 5.11 Å². The predicted molar refractivity (Wildman–Crippen MR) is 75.1 cm³/mol. The minimum atomic E-state index is -3.50. The molecular weight excluding hydrogens is 262 g/mol. The lowest BCUT2D eigenvalue weighted by molar-refractivity contribution is 0.305. The Bertz CT molecular complexity index is 570. The lowest BCUT2D eigenvalue weighted by atomic mass is 10.2. The van der Waals surface area contributed by atoms with Gasteiger partial charge in [0.15, 0.2) is 0 Å². The summed E-state index contributed by atoms with van der Waals surface area (Å²) in [5.74, 6) is 5.55. The summed E-state index contributed by atoms with van der Waals surface area (Å²) < 4.78 is 26.1. The molecule has 104 valence electrons. The third-order valence-corrected chi connectivity index (χ3v) is 4.49. The Labute approximate surface area is 115 Å². The van der Waals surface area contributed by atoms with E-state index in [1.165, 1.54) is 4.31 Å². The molecule has 1 rings (SSSR count). The highest BCUT2D eigenvalue weighted by molar-refractivity contribution is 7.89. The highest BCUT2D eigenvalue weighted by atomic mass is 32.2. The zero-order chi connectivity index (χ0) is 14.3. The molecule has 0 aromatic heterocycles. The molecule has 1 aromatic rings. The molecule has 0 atom stereocenters. The van der Waals surface area contributed by atoms with E-state index >= 15 is 0 Å². The molecule has 19 heavy (non-hydrogen) atoms. The topological polar surface area (TPSA) is 57.6 Å². The van der Waals surface area contributed by atoms with Crippen LogP contribution in [0.4, 0.5) is 0 Å². The van der Waals surface area contributed by atoms with E-state index < -0.39 is 10.0 Å². The van der Waals surface area contributed by atoms with E-state index in [1.54, 1.807) is 31.3 Å². The van der Waals surface area contributed by atoms with E-state index in [-0.39, 0.29) is 11.5 Å². The first-order valence-corrected chi connectivity index (χ1v) is 7.63. The molecule has 4 nitrogen and oxygen atoms in total. The van der Waals surface area contributed by atoms with E-state index in [1.807, 2.05) is 6.92 Å². The number of rotatable bonds is 5. The van der Waals surface area contributed by atoms with Crippen LogP contribution in [0, 0.1) is 11.8 Å². The molecule has 0 aliphatic carbocycles. The van der Waals surface area contributed by atoms with Crippen molar-refractivity contribution >= 4 is 10.0 Å². The molecule has 0 aliphatic heterocycles. The third-order valence-electron chi connectivity index (χ3n) is 2.57. The first-order chi connectivity index (χ1) is 9.04. The summed E-state index contributed by atoms with van der Waals surface area (Å²) >= 11 is 0. The summed E-state index contributed by atoms with van der Waals surface area (Å²) in [5, 5.41) is 8.70. The largest absolute Gasteiger partial charge is 0.395 e. The van der Waals surface area contributed by atoms with Gasteiger partial charge in [-0.05, 0) is 18.6 Å². The Kier molecular flexibility index (Phi) is 6.03. The standard InChI is InChI=1S/C14H19NO3S/c1-3-11-15(2)19(17,18)14-10-5-4-8-13(14)9-6-7-12-16/h4-5,8,10,16H,3,7,11-12H2,1-2H3. The quantitative estimate of drug-likeness (QED) is 0.831. The van der Waals surface area contributed by atoms with E-state index in [9.17, 15) is 8.42 Å². The van der Waals surface area contributed by atoms with Crippen LogP contribution < -0.4 is 0 Å². The first-order valence-electron chi connectivity index (χ1n) is 6.19. The molecule has 0 saturated carbocycles. The summed E-state index contributed by atoms with van der Waals surface area (Å²) in [6.45, 7) is 2.37. The maximum absolute atomic E-state index is 12.4. The third kappa shape index (κ3) is 4.06. The van der Waals surface area contributed by atoms with Crippen molar-refractivity contribution in [3.8, 4) is 11.8 Å². The van der Waals surface area contributed by atoms with Crippen LogP contribution in [0.3, 0.4) is 0 Å². The van der Waals surface area contributed by atoms with Crippen LogP contribution in [0.25, 0.3) is 0 Å². The second-order valence-electron chi connectivity index (χ2n) is 4.10.